The third-order valence-corrected chi connectivity index (χ3v) is 3.90. The highest BCUT2D eigenvalue weighted by Gasteiger charge is 2.26. The molecule has 0 aliphatic heterocycles. The lowest BCUT2D eigenvalue weighted by molar-refractivity contribution is 0.0910. The van der Waals surface area contributed by atoms with Gasteiger partial charge in [-0.1, -0.05) is 25.2 Å². The van der Waals surface area contributed by atoms with Crippen molar-refractivity contribution in [2.45, 2.75) is 39.2 Å². The van der Waals surface area contributed by atoms with Gasteiger partial charge in [-0.25, -0.2) is 0 Å². The summed E-state index contributed by atoms with van der Waals surface area (Å²) in [6.45, 7) is 4.47. The molecule has 2 atom stereocenters. The molecule has 1 amide bonds. The van der Waals surface area contributed by atoms with E-state index in [-0.39, 0.29) is 11.9 Å². The summed E-state index contributed by atoms with van der Waals surface area (Å²) in [6.07, 6.45) is 3.34. The molecule has 1 fully saturated rings. The lowest BCUT2D eigenvalue weighted by Gasteiger charge is -2.31. The maximum Gasteiger partial charge on any atom is 0.282 e. The summed E-state index contributed by atoms with van der Waals surface area (Å²) in [5.41, 5.74) is 5.46. The number of nitrogens with one attached hydrogen (secondary N) is 1. The molecule has 1 heterocycles. The number of nitrogen functional groups attached to an aromatic ring is 1. The Hall–Kier alpha value is -1.17. The highest BCUT2D eigenvalue weighted by atomic mass is 32.1. The van der Waals surface area contributed by atoms with E-state index in [1.54, 1.807) is 0 Å². The molecule has 94 valence electrons. The third-order valence-electron chi connectivity index (χ3n) is 3.15. The summed E-state index contributed by atoms with van der Waals surface area (Å²) >= 11 is 1.13. The normalized spacial score (nSPS) is 28.9. The maximum absolute atomic E-state index is 11.9. The zero-order valence-electron chi connectivity index (χ0n) is 10.1. The number of hydrogen-bond donors (Lipinski definition) is 2. The first-order chi connectivity index (χ1) is 8.04. The second-order valence-corrected chi connectivity index (χ2v) is 6.04. The Balaban J connectivity index is 1.94. The van der Waals surface area contributed by atoms with E-state index < -0.39 is 0 Å². The van der Waals surface area contributed by atoms with E-state index in [1.807, 2.05) is 0 Å². The van der Waals surface area contributed by atoms with Crippen LogP contribution in [0.3, 0.4) is 0 Å². The first kappa shape index (κ1) is 12.3. The molecule has 0 radical (unpaired) electrons. The predicted molar refractivity (Wildman–Crippen MR) is 67.8 cm³/mol. The van der Waals surface area contributed by atoms with Crippen LogP contribution in [0, 0.1) is 11.8 Å². The van der Waals surface area contributed by atoms with Crippen molar-refractivity contribution < 1.29 is 4.79 Å². The summed E-state index contributed by atoms with van der Waals surface area (Å²) in [4.78, 5) is 11.9. The van der Waals surface area contributed by atoms with Crippen molar-refractivity contribution in [3.8, 4) is 0 Å². The number of carbonyl (C=O) groups excluding carboxylic acids is 1. The number of aromatic nitrogens is 2. The Morgan fingerprint density at radius 2 is 1.94 bits per heavy atom. The fourth-order valence-electron chi connectivity index (χ4n) is 2.64. The molecule has 1 aliphatic rings. The SMILES string of the molecule is CC1CC(C)CC(NC(=O)c2nnc(N)s2)C1. The van der Waals surface area contributed by atoms with Gasteiger partial charge in [-0.2, -0.15) is 0 Å². The van der Waals surface area contributed by atoms with Crippen molar-refractivity contribution in [2.24, 2.45) is 11.8 Å². The van der Waals surface area contributed by atoms with Crippen LogP contribution in [0.2, 0.25) is 0 Å². The Morgan fingerprint density at radius 3 is 2.47 bits per heavy atom. The monoisotopic (exact) mass is 254 g/mol. The molecule has 6 heteroatoms. The van der Waals surface area contributed by atoms with Crippen molar-refractivity contribution in [1.82, 2.24) is 15.5 Å². The molecule has 5 nitrogen and oxygen atoms in total. The molecule has 0 bridgehead atoms. The van der Waals surface area contributed by atoms with Gasteiger partial charge in [0.25, 0.3) is 5.91 Å². The van der Waals surface area contributed by atoms with Crippen molar-refractivity contribution in [3.63, 3.8) is 0 Å². The lowest BCUT2D eigenvalue weighted by Crippen LogP contribution is -2.40. The Kier molecular flexibility index (Phi) is 3.61. The minimum absolute atomic E-state index is 0.148. The van der Waals surface area contributed by atoms with Crippen LogP contribution in [0.25, 0.3) is 0 Å². The number of amides is 1. The average molecular weight is 254 g/mol. The van der Waals surface area contributed by atoms with E-state index in [4.69, 9.17) is 5.73 Å². The van der Waals surface area contributed by atoms with E-state index in [9.17, 15) is 4.79 Å². The van der Waals surface area contributed by atoms with Crippen molar-refractivity contribution in [3.05, 3.63) is 5.01 Å². The smallest absolute Gasteiger partial charge is 0.282 e. The average Bonchev–Trinajstić information content (AvgIpc) is 2.63. The van der Waals surface area contributed by atoms with Crippen LogP contribution in [0.15, 0.2) is 0 Å². The number of anilines is 1. The summed E-state index contributed by atoms with van der Waals surface area (Å²) in [5.74, 6) is 1.19. The quantitative estimate of drug-likeness (QED) is 0.841. The van der Waals surface area contributed by atoms with Crippen LogP contribution >= 0.6 is 11.3 Å². The zero-order chi connectivity index (χ0) is 12.4. The molecule has 1 aromatic heterocycles. The van der Waals surface area contributed by atoms with Gasteiger partial charge in [0, 0.05) is 6.04 Å². The summed E-state index contributed by atoms with van der Waals surface area (Å²) in [6, 6.07) is 0.256. The van der Waals surface area contributed by atoms with Gasteiger partial charge in [0.1, 0.15) is 0 Å². The Bertz CT molecular complexity index is 396. The fraction of sp³-hybridized carbons (Fsp3) is 0.727. The largest absolute Gasteiger partial charge is 0.374 e. The van der Waals surface area contributed by atoms with Crippen LogP contribution in [-0.4, -0.2) is 22.1 Å². The van der Waals surface area contributed by atoms with Crippen LogP contribution in [-0.2, 0) is 0 Å². The number of nitrogens with two attached hydrogens (primary N) is 1. The third kappa shape index (κ3) is 3.15. The number of nitrogens with zero attached hydrogens (tertiary/aromatic N) is 2. The molecule has 2 rings (SSSR count). The van der Waals surface area contributed by atoms with Gasteiger partial charge in [0.05, 0.1) is 0 Å². The van der Waals surface area contributed by atoms with Crippen molar-refractivity contribution >= 4 is 22.4 Å². The van der Waals surface area contributed by atoms with E-state index in [1.165, 1.54) is 6.42 Å². The second kappa shape index (κ2) is 5.00. The molecule has 0 aromatic carbocycles. The number of carbonyl (C=O) groups is 1. The number of rotatable bonds is 2. The van der Waals surface area contributed by atoms with Crippen molar-refractivity contribution in [1.29, 1.82) is 0 Å². The minimum Gasteiger partial charge on any atom is -0.374 e. The first-order valence-corrected chi connectivity index (χ1v) is 6.76. The van der Waals surface area contributed by atoms with Gasteiger partial charge in [-0.3, -0.25) is 4.79 Å². The molecule has 2 unspecified atom stereocenters. The standard InChI is InChI=1S/C11H18N4OS/c1-6-3-7(2)5-8(4-6)13-9(16)10-14-15-11(12)17-10/h6-8H,3-5H2,1-2H3,(H2,12,15)(H,13,16). The summed E-state index contributed by atoms with van der Waals surface area (Å²) < 4.78 is 0. The highest BCUT2D eigenvalue weighted by molar-refractivity contribution is 7.16. The Labute approximate surface area is 105 Å². The maximum atomic E-state index is 11.9. The van der Waals surface area contributed by atoms with E-state index in [2.05, 4.69) is 29.4 Å². The minimum atomic E-state index is -0.148. The molecule has 1 aromatic rings. The summed E-state index contributed by atoms with van der Waals surface area (Å²) in [7, 11) is 0. The molecule has 17 heavy (non-hydrogen) atoms. The highest BCUT2D eigenvalue weighted by Crippen LogP contribution is 2.28. The molecular weight excluding hydrogens is 236 g/mol. The van der Waals surface area contributed by atoms with Crippen LogP contribution < -0.4 is 11.1 Å². The van der Waals surface area contributed by atoms with Crippen LogP contribution in [0.4, 0.5) is 5.13 Å². The van der Waals surface area contributed by atoms with E-state index in [0.29, 0.717) is 22.0 Å². The van der Waals surface area contributed by atoms with Gasteiger partial charge in [0.2, 0.25) is 10.1 Å². The van der Waals surface area contributed by atoms with E-state index in [0.717, 1.165) is 24.2 Å². The van der Waals surface area contributed by atoms with Gasteiger partial charge in [0.15, 0.2) is 0 Å². The molecule has 0 saturated heterocycles. The first-order valence-electron chi connectivity index (χ1n) is 5.94. The second-order valence-electron chi connectivity index (χ2n) is 5.03. The lowest BCUT2D eigenvalue weighted by atomic mass is 9.80. The summed E-state index contributed by atoms with van der Waals surface area (Å²) in [5, 5.41) is 11.1. The van der Waals surface area contributed by atoms with Gasteiger partial charge >= 0.3 is 0 Å². The van der Waals surface area contributed by atoms with Crippen LogP contribution in [0.5, 0.6) is 0 Å². The van der Waals surface area contributed by atoms with Crippen molar-refractivity contribution in [2.75, 3.05) is 5.73 Å². The van der Waals surface area contributed by atoms with Crippen LogP contribution in [0.1, 0.15) is 42.9 Å². The molecule has 1 saturated carbocycles. The number of hydrogen-bond acceptors (Lipinski definition) is 5. The van der Waals surface area contributed by atoms with E-state index >= 15 is 0 Å². The fourth-order valence-corrected chi connectivity index (χ4v) is 3.15. The predicted octanol–water partition coefficient (Wildman–Crippen LogP) is 1.67. The van der Waals surface area contributed by atoms with Gasteiger partial charge in [-0.15, -0.1) is 10.2 Å². The zero-order valence-corrected chi connectivity index (χ0v) is 11.0. The Morgan fingerprint density at radius 1 is 1.29 bits per heavy atom. The molecular formula is C11H18N4OS. The van der Waals surface area contributed by atoms with Gasteiger partial charge < -0.3 is 11.1 Å². The molecule has 1 aliphatic carbocycles. The molecule has 3 N–H and O–H groups in total. The van der Waals surface area contributed by atoms with Gasteiger partial charge in [-0.05, 0) is 31.1 Å². The topological polar surface area (TPSA) is 80.9 Å². The molecule has 0 spiro atoms.